The summed E-state index contributed by atoms with van der Waals surface area (Å²) >= 11 is 1.12. The molecule has 0 spiro atoms. The van der Waals surface area contributed by atoms with Crippen LogP contribution in [0.25, 0.3) is 11.4 Å². The van der Waals surface area contributed by atoms with Crippen molar-refractivity contribution in [3.63, 3.8) is 0 Å². The van der Waals surface area contributed by atoms with Gasteiger partial charge in [0.05, 0.1) is 35.1 Å². The Bertz CT molecular complexity index is 1130. The molecule has 1 heterocycles. The summed E-state index contributed by atoms with van der Waals surface area (Å²) in [6.45, 7) is 4.03. The van der Waals surface area contributed by atoms with Crippen LogP contribution >= 0.6 is 11.8 Å². The van der Waals surface area contributed by atoms with Crippen molar-refractivity contribution in [2.24, 2.45) is 0 Å². The number of benzene rings is 2. The summed E-state index contributed by atoms with van der Waals surface area (Å²) in [7, 11) is 1.35. The molecule has 11 heteroatoms. The summed E-state index contributed by atoms with van der Waals surface area (Å²) < 4.78 is 21.0. The van der Waals surface area contributed by atoms with Gasteiger partial charge in [-0.05, 0) is 18.2 Å². The zero-order chi connectivity index (χ0) is 22.4. The van der Waals surface area contributed by atoms with Crippen LogP contribution in [0.1, 0.15) is 0 Å². The van der Waals surface area contributed by atoms with E-state index < -0.39 is 10.7 Å². The number of nitro groups is 1. The molecule has 0 aliphatic heterocycles. The second-order valence-electron chi connectivity index (χ2n) is 6.16. The van der Waals surface area contributed by atoms with E-state index in [4.69, 9.17) is 4.74 Å². The lowest BCUT2D eigenvalue weighted by molar-refractivity contribution is -0.384. The van der Waals surface area contributed by atoms with Crippen LogP contribution in [0, 0.1) is 15.9 Å². The molecule has 9 nitrogen and oxygen atoms in total. The van der Waals surface area contributed by atoms with Gasteiger partial charge >= 0.3 is 0 Å². The van der Waals surface area contributed by atoms with Crippen LogP contribution in [0.4, 0.5) is 15.8 Å². The standard InChI is InChI=1S/C20H18FN5O4S/c1-3-10-25-19(14-6-4-5-7-15(14)21)23-24-20(25)31-12-18(27)22-16-9-8-13(26(28)29)11-17(16)30-2/h3-9,11H,1,10,12H2,2H3,(H,22,27). The second-order valence-corrected chi connectivity index (χ2v) is 7.11. The number of hydrogen-bond acceptors (Lipinski definition) is 7. The SMILES string of the molecule is C=CCn1c(SCC(=O)Nc2ccc([N+](=O)[O-])cc2OC)nnc1-c1ccccc1F. The van der Waals surface area contributed by atoms with E-state index in [-0.39, 0.29) is 23.1 Å². The summed E-state index contributed by atoms with van der Waals surface area (Å²) in [5.74, 6) is -0.327. The fourth-order valence-electron chi connectivity index (χ4n) is 2.74. The first kappa shape index (κ1) is 22.0. The summed E-state index contributed by atoms with van der Waals surface area (Å²) in [5.41, 5.74) is 0.449. The van der Waals surface area contributed by atoms with Crippen LogP contribution in [0.3, 0.4) is 0 Å². The number of hydrogen-bond donors (Lipinski definition) is 1. The third-order valence-corrected chi connectivity index (χ3v) is 5.11. The molecule has 0 aliphatic rings. The summed E-state index contributed by atoms with van der Waals surface area (Å²) in [6, 6.07) is 10.1. The number of rotatable bonds is 9. The highest BCUT2D eigenvalue weighted by atomic mass is 32.2. The minimum atomic E-state index is -0.552. The zero-order valence-electron chi connectivity index (χ0n) is 16.4. The van der Waals surface area contributed by atoms with E-state index in [1.807, 2.05) is 0 Å². The molecule has 0 radical (unpaired) electrons. The molecule has 0 aliphatic carbocycles. The van der Waals surface area contributed by atoms with Crippen molar-refractivity contribution in [1.29, 1.82) is 0 Å². The smallest absolute Gasteiger partial charge is 0.273 e. The van der Waals surface area contributed by atoms with Crippen LogP contribution in [-0.4, -0.2) is 38.5 Å². The normalized spacial score (nSPS) is 10.5. The molecule has 31 heavy (non-hydrogen) atoms. The number of ether oxygens (including phenoxy) is 1. The van der Waals surface area contributed by atoms with Crippen LogP contribution in [0.2, 0.25) is 0 Å². The topological polar surface area (TPSA) is 112 Å². The van der Waals surface area contributed by atoms with Crippen molar-refractivity contribution in [3.8, 4) is 17.1 Å². The number of thioether (sulfide) groups is 1. The van der Waals surface area contributed by atoms with Gasteiger partial charge in [0, 0.05) is 12.6 Å². The number of non-ortho nitro benzene ring substituents is 1. The van der Waals surface area contributed by atoms with Gasteiger partial charge in [-0.3, -0.25) is 19.5 Å². The molecule has 0 atom stereocenters. The van der Waals surface area contributed by atoms with Crippen molar-refractivity contribution in [1.82, 2.24) is 14.8 Å². The molecule has 0 bridgehead atoms. The molecule has 1 N–H and O–H groups in total. The average Bonchev–Trinajstić information content (AvgIpc) is 3.15. The Kier molecular flexibility index (Phi) is 6.98. The molecule has 0 saturated heterocycles. The number of methoxy groups -OCH3 is 1. The minimum absolute atomic E-state index is 0.0211. The van der Waals surface area contributed by atoms with E-state index in [9.17, 15) is 19.3 Å². The molecule has 0 unspecified atom stereocenters. The molecule has 1 aromatic heterocycles. The molecule has 3 rings (SSSR count). The first-order valence-corrected chi connectivity index (χ1v) is 9.97. The highest BCUT2D eigenvalue weighted by Gasteiger charge is 2.18. The van der Waals surface area contributed by atoms with Crippen LogP contribution in [-0.2, 0) is 11.3 Å². The third-order valence-electron chi connectivity index (χ3n) is 4.15. The Morgan fingerprint density at radius 1 is 1.35 bits per heavy atom. The van der Waals surface area contributed by atoms with Crippen LogP contribution in [0.15, 0.2) is 60.3 Å². The fourth-order valence-corrected chi connectivity index (χ4v) is 3.49. The monoisotopic (exact) mass is 443 g/mol. The number of nitrogens with zero attached hydrogens (tertiary/aromatic N) is 4. The number of anilines is 1. The van der Waals surface area contributed by atoms with E-state index in [1.54, 1.807) is 28.8 Å². The molecule has 160 valence electrons. The van der Waals surface area contributed by atoms with Gasteiger partial charge in [-0.1, -0.05) is 30.0 Å². The van der Waals surface area contributed by atoms with E-state index in [1.165, 1.54) is 31.4 Å². The molecule has 1 amide bonds. The van der Waals surface area contributed by atoms with Gasteiger partial charge in [-0.25, -0.2) is 4.39 Å². The Morgan fingerprint density at radius 2 is 2.13 bits per heavy atom. The van der Waals surface area contributed by atoms with Crippen molar-refractivity contribution in [3.05, 3.63) is 71.1 Å². The average molecular weight is 443 g/mol. The number of allylic oxidation sites excluding steroid dienone is 1. The van der Waals surface area contributed by atoms with Gasteiger partial charge in [0.2, 0.25) is 5.91 Å². The van der Waals surface area contributed by atoms with Crippen molar-refractivity contribution < 1.29 is 18.8 Å². The first-order valence-electron chi connectivity index (χ1n) is 8.98. The Morgan fingerprint density at radius 3 is 2.81 bits per heavy atom. The fraction of sp³-hybridized carbons (Fsp3) is 0.150. The van der Waals surface area contributed by atoms with E-state index in [2.05, 4.69) is 22.1 Å². The highest BCUT2D eigenvalue weighted by molar-refractivity contribution is 7.99. The summed E-state index contributed by atoms with van der Waals surface area (Å²) in [6.07, 6.45) is 1.62. The summed E-state index contributed by atoms with van der Waals surface area (Å²) in [5, 5.41) is 22.1. The lowest BCUT2D eigenvalue weighted by atomic mass is 10.2. The van der Waals surface area contributed by atoms with Gasteiger partial charge in [-0.2, -0.15) is 0 Å². The lowest BCUT2D eigenvalue weighted by Gasteiger charge is -2.10. The Balaban J connectivity index is 1.74. The molecule has 0 fully saturated rings. The maximum Gasteiger partial charge on any atom is 0.273 e. The largest absolute Gasteiger partial charge is 0.494 e. The molecular formula is C20H18FN5O4S. The zero-order valence-corrected chi connectivity index (χ0v) is 17.3. The number of carbonyl (C=O) groups is 1. The number of nitrogens with one attached hydrogen (secondary N) is 1. The quantitative estimate of drug-likeness (QED) is 0.231. The third kappa shape index (κ3) is 5.07. The lowest BCUT2D eigenvalue weighted by Crippen LogP contribution is -2.15. The molecule has 3 aromatic rings. The molecule has 2 aromatic carbocycles. The maximum atomic E-state index is 14.2. The first-order chi connectivity index (χ1) is 14.9. The number of aromatic nitrogens is 3. The van der Waals surface area contributed by atoms with Crippen LogP contribution in [0.5, 0.6) is 5.75 Å². The van der Waals surface area contributed by atoms with Gasteiger partial charge in [-0.15, -0.1) is 16.8 Å². The second kappa shape index (κ2) is 9.85. The van der Waals surface area contributed by atoms with E-state index in [0.717, 1.165) is 11.8 Å². The van der Waals surface area contributed by atoms with E-state index >= 15 is 0 Å². The Hall–Kier alpha value is -3.73. The van der Waals surface area contributed by atoms with Crippen molar-refractivity contribution in [2.45, 2.75) is 11.7 Å². The molecule has 0 saturated carbocycles. The van der Waals surface area contributed by atoms with Gasteiger partial charge in [0.1, 0.15) is 11.6 Å². The number of halogens is 1. The minimum Gasteiger partial charge on any atom is -0.494 e. The highest BCUT2D eigenvalue weighted by Crippen LogP contribution is 2.30. The predicted molar refractivity (Wildman–Crippen MR) is 115 cm³/mol. The number of carbonyl (C=O) groups excluding carboxylic acids is 1. The van der Waals surface area contributed by atoms with E-state index in [0.29, 0.717) is 28.8 Å². The predicted octanol–water partition coefficient (Wildman–Crippen LogP) is 3.92. The van der Waals surface area contributed by atoms with Crippen molar-refractivity contribution in [2.75, 3.05) is 18.2 Å². The van der Waals surface area contributed by atoms with Crippen LogP contribution < -0.4 is 10.1 Å². The Labute approximate surface area is 181 Å². The number of nitro benzene ring substituents is 1. The van der Waals surface area contributed by atoms with Gasteiger partial charge < -0.3 is 10.1 Å². The van der Waals surface area contributed by atoms with Gasteiger partial charge in [0.15, 0.2) is 11.0 Å². The molecular weight excluding hydrogens is 425 g/mol. The van der Waals surface area contributed by atoms with Crippen molar-refractivity contribution >= 4 is 29.0 Å². The summed E-state index contributed by atoms with van der Waals surface area (Å²) in [4.78, 5) is 22.7. The van der Waals surface area contributed by atoms with Gasteiger partial charge in [0.25, 0.3) is 5.69 Å². The maximum absolute atomic E-state index is 14.2. The number of amides is 1.